The SMILES string of the molecule is CC(=O)N1CCC(N2CC3(C2)CN(S(=O)c2cnc(C(F)(F)F)nc2C)C3)CC1. The lowest BCUT2D eigenvalue weighted by Crippen LogP contribution is -2.73. The highest BCUT2D eigenvalue weighted by Crippen LogP contribution is 2.43. The number of nitrogens with zero attached hydrogens (tertiary/aromatic N) is 5. The Balaban J connectivity index is 1.29. The van der Waals surface area contributed by atoms with Crippen molar-refractivity contribution >= 4 is 16.9 Å². The minimum Gasteiger partial charge on any atom is -0.343 e. The van der Waals surface area contributed by atoms with Gasteiger partial charge in [0.05, 0.1) is 10.6 Å². The van der Waals surface area contributed by atoms with Crippen LogP contribution < -0.4 is 0 Å². The van der Waals surface area contributed by atoms with Gasteiger partial charge < -0.3 is 4.90 Å². The third kappa shape index (κ3) is 3.91. The van der Waals surface area contributed by atoms with Crippen LogP contribution in [-0.2, 0) is 22.0 Å². The molecule has 4 rings (SSSR count). The number of carbonyl (C=O) groups excluding carboxylic acids is 1. The van der Waals surface area contributed by atoms with E-state index in [0.717, 1.165) is 45.2 Å². The summed E-state index contributed by atoms with van der Waals surface area (Å²) >= 11 is 0. The Hall–Kier alpha value is -1.59. The van der Waals surface area contributed by atoms with Gasteiger partial charge in [-0.3, -0.25) is 9.69 Å². The number of alkyl halides is 3. The van der Waals surface area contributed by atoms with Gasteiger partial charge in [-0.15, -0.1) is 0 Å². The Morgan fingerprint density at radius 1 is 1.21 bits per heavy atom. The maximum Gasteiger partial charge on any atom is 0.451 e. The summed E-state index contributed by atoms with van der Waals surface area (Å²) < 4.78 is 52.6. The van der Waals surface area contributed by atoms with E-state index in [1.165, 1.54) is 6.92 Å². The fourth-order valence-corrected chi connectivity index (χ4v) is 6.04. The number of rotatable bonds is 3. The number of amides is 1. The summed E-state index contributed by atoms with van der Waals surface area (Å²) in [5, 5.41) is 0. The van der Waals surface area contributed by atoms with Gasteiger partial charge in [0.15, 0.2) is 0 Å². The molecule has 3 saturated heterocycles. The van der Waals surface area contributed by atoms with Gasteiger partial charge in [0.2, 0.25) is 11.7 Å². The topological polar surface area (TPSA) is 69.6 Å². The smallest absolute Gasteiger partial charge is 0.343 e. The van der Waals surface area contributed by atoms with Crippen LogP contribution in [0, 0.1) is 12.3 Å². The second-order valence-electron chi connectivity index (χ2n) is 8.33. The first-order chi connectivity index (χ1) is 13.6. The molecule has 7 nitrogen and oxygen atoms in total. The van der Waals surface area contributed by atoms with E-state index in [4.69, 9.17) is 0 Å². The molecule has 1 aromatic heterocycles. The second-order valence-corrected chi connectivity index (χ2v) is 9.78. The van der Waals surface area contributed by atoms with E-state index < -0.39 is 23.0 Å². The summed E-state index contributed by atoms with van der Waals surface area (Å²) in [6, 6.07) is 0.487. The molecule has 11 heteroatoms. The molecule has 0 saturated carbocycles. The molecule has 0 aromatic carbocycles. The summed E-state index contributed by atoms with van der Waals surface area (Å²) in [5.74, 6) is -1.08. The predicted octanol–water partition coefficient (Wildman–Crippen LogP) is 1.45. The Morgan fingerprint density at radius 3 is 2.34 bits per heavy atom. The van der Waals surface area contributed by atoms with Crippen molar-refractivity contribution in [1.82, 2.24) is 24.1 Å². The molecule has 1 unspecified atom stereocenters. The van der Waals surface area contributed by atoms with Gasteiger partial charge in [0, 0.05) is 63.8 Å². The van der Waals surface area contributed by atoms with Crippen molar-refractivity contribution < 1.29 is 22.2 Å². The predicted molar refractivity (Wildman–Crippen MR) is 99.0 cm³/mol. The number of aromatic nitrogens is 2. The van der Waals surface area contributed by atoms with E-state index in [0.29, 0.717) is 19.1 Å². The summed E-state index contributed by atoms with van der Waals surface area (Å²) in [7, 11) is -1.55. The standard InChI is InChI=1S/C18H24F3N5O2S/c1-12-15(7-22-16(23-12)18(19,20)21)29(28)26-10-17(11-26)8-25(9-17)14-3-5-24(6-4-14)13(2)27/h7,14H,3-6,8-11H2,1-2H3. The summed E-state index contributed by atoms with van der Waals surface area (Å²) in [5.41, 5.74) is 0.215. The first-order valence-electron chi connectivity index (χ1n) is 9.65. The van der Waals surface area contributed by atoms with Crippen LogP contribution in [0.1, 0.15) is 31.3 Å². The zero-order valence-electron chi connectivity index (χ0n) is 16.4. The van der Waals surface area contributed by atoms with Crippen LogP contribution in [0.5, 0.6) is 0 Å². The monoisotopic (exact) mass is 431 g/mol. The van der Waals surface area contributed by atoms with Crippen molar-refractivity contribution in [2.45, 2.75) is 43.8 Å². The first-order valence-corrected chi connectivity index (χ1v) is 10.8. The number of likely N-dealkylation sites (tertiary alicyclic amines) is 2. The molecule has 0 N–H and O–H groups in total. The molecule has 0 aliphatic carbocycles. The number of hydrogen-bond donors (Lipinski definition) is 0. The maximum absolute atomic E-state index is 12.7. The lowest BCUT2D eigenvalue weighted by molar-refractivity contribution is -0.145. The van der Waals surface area contributed by atoms with Gasteiger partial charge in [-0.25, -0.2) is 18.5 Å². The van der Waals surface area contributed by atoms with Gasteiger partial charge in [0.25, 0.3) is 0 Å². The van der Waals surface area contributed by atoms with E-state index in [1.807, 2.05) is 4.90 Å². The fraction of sp³-hybridized carbons (Fsp3) is 0.722. The molecule has 1 spiro atoms. The molecule has 0 radical (unpaired) electrons. The second kappa shape index (κ2) is 7.28. The van der Waals surface area contributed by atoms with E-state index in [1.54, 1.807) is 11.2 Å². The molecule has 160 valence electrons. The lowest BCUT2D eigenvalue weighted by atomic mass is 9.73. The Bertz CT molecular complexity index is 827. The number of aryl methyl sites for hydroxylation is 1. The molecule has 3 aliphatic heterocycles. The molecule has 4 heterocycles. The van der Waals surface area contributed by atoms with Gasteiger partial charge in [-0.05, 0) is 19.8 Å². The van der Waals surface area contributed by atoms with E-state index in [9.17, 15) is 22.2 Å². The molecular formula is C18H24F3N5O2S. The number of halogens is 3. The van der Waals surface area contributed by atoms with Crippen molar-refractivity contribution in [2.75, 3.05) is 39.3 Å². The summed E-state index contributed by atoms with van der Waals surface area (Å²) in [6.07, 6.45) is -1.62. The van der Waals surface area contributed by atoms with Crippen molar-refractivity contribution in [3.8, 4) is 0 Å². The minimum atomic E-state index is -4.61. The molecule has 29 heavy (non-hydrogen) atoms. The molecule has 1 aromatic rings. The van der Waals surface area contributed by atoms with Gasteiger partial charge in [0.1, 0.15) is 11.0 Å². The van der Waals surface area contributed by atoms with Crippen LogP contribution in [0.2, 0.25) is 0 Å². The maximum atomic E-state index is 12.7. The summed E-state index contributed by atoms with van der Waals surface area (Å²) in [6.45, 7) is 7.82. The molecule has 3 fully saturated rings. The van der Waals surface area contributed by atoms with Crippen molar-refractivity contribution in [3.05, 3.63) is 17.7 Å². The molecule has 1 atom stereocenters. The first kappa shape index (κ1) is 20.7. The highest BCUT2D eigenvalue weighted by atomic mass is 32.2. The van der Waals surface area contributed by atoms with E-state index in [2.05, 4.69) is 14.9 Å². The Labute approximate surface area is 169 Å². The zero-order valence-corrected chi connectivity index (χ0v) is 17.2. The average molecular weight is 431 g/mol. The van der Waals surface area contributed by atoms with Crippen LogP contribution in [0.25, 0.3) is 0 Å². The molecule has 0 bridgehead atoms. The number of hydrogen-bond acceptors (Lipinski definition) is 5. The van der Waals surface area contributed by atoms with Crippen molar-refractivity contribution in [3.63, 3.8) is 0 Å². The van der Waals surface area contributed by atoms with Crippen molar-refractivity contribution in [1.29, 1.82) is 0 Å². The quantitative estimate of drug-likeness (QED) is 0.725. The van der Waals surface area contributed by atoms with Crippen LogP contribution in [0.15, 0.2) is 11.1 Å². The highest BCUT2D eigenvalue weighted by Gasteiger charge is 2.55. The molecular weight excluding hydrogens is 407 g/mol. The number of carbonyl (C=O) groups is 1. The Kier molecular flexibility index (Phi) is 5.19. The summed E-state index contributed by atoms with van der Waals surface area (Å²) in [4.78, 5) is 22.8. The fourth-order valence-electron chi connectivity index (χ4n) is 4.54. The van der Waals surface area contributed by atoms with E-state index >= 15 is 0 Å². The zero-order chi connectivity index (χ0) is 21.0. The third-order valence-corrected chi connectivity index (χ3v) is 7.64. The van der Waals surface area contributed by atoms with Crippen LogP contribution in [0.3, 0.4) is 0 Å². The number of piperidine rings is 1. The van der Waals surface area contributed by atoms with Crippen LogP contribution in [0.4, 0.5) is 13.2 Å². The van der Waals surface area contributed by atoms with E-state index in [-0.39, 0.29) is 21.9 Å². The van der Waals surface area contributed by atoms with Gasteiger partial charge >= 0.3 is 6.18 Å². The van der Waals surface area contributed by atoms with Crippen LogP contribution in [-0.4, -0.2) is 79.5 Å². The molecule has 1 amide bonds. The lowest BCUT2D eigenvalue weighted by Gasteiger charge is -2.62. The largest absolute Gasteiger partial charge is 0.451 e. The minimum absolute atomic E-state index is 0.0964. The molecule has 3 aliphatic rings. The Morgan fingerprint density at radius 2 is 1.83 bits per heavy atom. The van der Waals surface area contributed by atoms with Crippen LogP contribution >= 0.6 is 0 Å². The normalized spacial score (nSPS) is 24.2. The average Bonchev–Trinajstić information content (AvgIpc) is 2.58. The van der Waals surface area contributed by atoms with Gasteiger partial charge in [-0.2, -0.15) is 13.2 Å². The highest BCUT2D eigenvalue weighted by molar-refractivity contribution is 7.82. The van der Waals surface area contributed by atoms with Crippen molar-refractivity contribution in [2.24, 2.45) is 5.41 Å². The third-order valence-electron chi connectivity index (χ3n) is 6.14. The van der Waals surface area contributed by atoms with Gasteiger partial charge in [-0.1, -0.05) is 0 Å².